The van der Waals surface area contributed by atoms with E-state index in [1.807, 2.05) is 4.90 Å². The van der Waals surface area contributed by atoms with Gasteiger partial charge in [0.1, 0.15) is 0 Å². The quantitative estimate of drug-likeness (QED) is 0.821. The lowest BCUT2D eigenvalue weighted by atomic mass is 10.1. The van der Waals surface area contributed by atoms with Crippen LogP contribution < -0.4 is 14.8 Å². The van der Waals surface area contributed by atoms with Gasteiger partial charge in [0.25, 0.3) is 17.8 Å². The zero-order valence-electron chi connectivity index (χ0n) is 16.0. The fourth-order valence-electron chi connectivity index (χ4n) is 3.90. The molecule has 2 aliphatic rings. The minimum absolute atomic E-state index is 0.0143. The highest BCUT2D eigenvalue weighted by Gasteiger charge is 2.36. The Labute approximate surface area is 162 Å². The van der Waals surface area contributed by atoms with Gasteiger partial charge in [0.2, 0.25) is 5.88 Å². The molecule has 1 aliphatic carbocycles. The minimum atomic E-state index is -0.384. The van der Waals surface area contributed by atoms with Crippen LogP contribution in [-0.4, -0.2) is 42.0 Å². The van der Waals surface area contributed by atoms with E-state index in [0.29, 0.717) is 29.6 Å². The van der Waals surface area contributed by atoms with E-state index in [4.69, 9.17) is 13.9 Å². The van der Waals surface area contributed by atoms with Crippen molar-refractivity contribution in [2.45, 2.75) is 44.8 Å². The molecule has 0 radical (unpaired) electrons. The first-order valence-corrected chi connectivity index (χ1v) is 9.40. The molecule has 0 aromatic carbocycles. The van der Waals surface area contributed by atoms with Crippen LogP contribution in [0, 0.1) is 0 Å². The number of methoxy groups -OCH3 is 2. The van der Waals surface area contributed by atoms with E-state index in [1.165, 1.54) is 20.3 Å². The van der Waals surface area contributed by atoms with Crippen LogP contribution >= 0.6 is 0 Å². The zero-order chi connectivity index (χ0) is 19.7. The largest absolute Gasteiger partial charge is 0.481 e. The van der Waals surface area contributed by atoms with Crippen molar-refractivity contribution in [1.29, 1.82) is 0 Å². The second-order valence-corrected chi connectivity index (χ2v) is 7.03. The third kappa shape index (κ3) is 3.30. The summed E-state index contributed by atoms with van der Waals surface area (Å²) >= 11 is 0. The Morgan fingerprint density at radius 1 is 1.29 bits per heavy atom. The maximum atomic E-state index is 12.9. The summed E-state index contributed by atoms with van der Waals surface area (Å²) in [5.74, 6) is 0.454. The molecule has 0 unspecified atom stereocenters. The van der Waals surface area contributed by atoms with Crippen LogP contribution in [-0.2, 0) is 13.1 Å². The maximum Gasteiger partial charge on any atom is 0.287 e. The van der Waals surface area contributed by atoms with Gasteiger partial charge < -0.3 is 24.1 Å². The molecule has 1 saturated carbocycles. The van der Waals surface area contributed by atoms with Gasteiger partial charge >= 0.3 is 0 Å². The second kappa shape index (κ2) is 7.53. The predicted octanol–water partition coefficient (Wildman–Crippen LogP) is 2.52. The number of hydrogen-bond donors (Lipinski definition) is 1. The summed E-state index contributed by atoms with van der Waals surface area (Å²) in [5, 5.41) is 2.77. The van der Waals surface area contributed by atoms with Crippen molar-refractivity contribution >= 4 is 11.8 Å². The highest BCUT2D eigenvalue weighted by atomic mass is 16.6. The molecule has 8 heteroatoms. The van der Waals surface area contributed by atoms with Crippen LogP contribution in [0.5, 0.6) is 11.8 Å². The number of pyridine rings is 1. The van der Waals surface area contributed by atoms with Gasteiger partial charge in [-0.1, -0.05) is 12.8 Å². The van der Waals surface area contributed by atoms with Gasteiger partial charge in [-0.25, -0.2) is 4.98 Å². The number of nitrogens with one attached hydrogen (secondary N) is 1. The van der Waals surface area contributed by atoms with E-state index in [2.05, 4.69) is 10.3 Å². The number of hydrogen-bond acceptors (Lipinski definition) is 6. The highest BCUT2D eigenvalue weighted by molar-refractivity contribution is 5.98. The first-order valence-electron chi connectivity index (χ1n) is 9.40. The number of furan rings is 1. The van der Waals surface area contributed by atoms with Gasteiger partial charge in [-0.15, -0.1) is 0 Å². The third-order valence-corrected chi connectivity index (χ3v) is 5.36. The molecular weight excluding hydrogens is 362 g/mol. The van der Waals surface area contributed by atoms with Crippen molar-refractivity contribution < 1.29 is 23.5 Å². The Morgan fingerprint density at radius 3 is 2.75 bits per heavy atom. The second-order valence-electron chi connectivity index (χ2n) is 7.03. The lowest BCUT2D eigenvalue weighted by molar-refractivity contribution is 0.0706. The van der Waals surface area contributed by atoms with Gasteiger partial charge in [0.15, 0.2) is 5.76 Å². The van der Waals surface area contributed by atoms with Crippen LogP contribution in [0.25, 0.3) is 0 Å². The fourth-order valence-corrected chi connectivity index (χ4v) is 3.90. The average molecular weight is 385 g/mol. The summed E-state index contributed by atoms with van der Waals surface area (Å²) in [7, 11) is 3.00. The minimum Gasteiger partial charge on any atom is -0.481 e. The fraction of sp³-hybridized carbons (Fsp3) is 0.450. The highest BCUT2D eigenvalue weighted by Crippen LogP contribution is 2.33. The topological polar surface area (TPSA) is 93.9 Å². The van der Waals surface area contributed by atoms with Crippen LogP contribution in [0.3, 0.4) is 0 Å². The van der Waals surface area contributed by atoms with E-state index in [1.54, 1.807) is 12.1 Å². The monoisotopic (exact) mass is 385 g/mol. The van der Waals surface area contributed by atoms with Crippen molar-refractivity contribution in [2.75, 3.05) is 14.2 Å². The zero-order valence-corrected chi connectivity index (χ0v) is 16.0. The molecule has 2 aromatic rings. The number of rotatable bonds is 6. The summed E-state index contributed by atoms with van der Waals surface area (Å²) in [6.07, 6.45) is 4.42. The molecule has 0 atom stereocenters. The van der Waals surface area contributed by atoms with E-state index in [0.717, 1.165) is 31.4 Å². The number of fused-ring (bicyclic) bond motifs is 1. The molecule has 0 saturated heterocycles. The summed E-state index contributed by atoms with van der Waals surface area (Å²) < 4.78 is 15.6. The summed E-state index contributed by atoms with van der Waals surface area (Å²) in [6.45, 7) is 0.691. The van der Waals surface area contributed by atoms with Gasteiger partial charge in [0.05, 0.1) is 32.0 Å². The molecule has 28 heavy (non-hydrogen) atoms. The summed E-state index contributed by atoms with van der Waals surface area (Å²) in [6, 6.07) is 5.18. The van der Waals surface area contributed by atoms with E-state index >= 15 is 0 Å². The van der Waals surface area contributed by atoms with Crippen molar-refractivity contribution in [3.63, 3.8) is 0 Å². The van der Waals surface area contributed by atoms with Crippen molar-refractivity contribution in [2.24, 2.45) is 0 Å². The van der Waals surface area contributed by atoms with Gasteiger partial charge in [-0.2, -0.15) is 0 Å². The third-order valence-electron chi connectivity index (χ3n) is 5.36. The predicted molar refractivity (Wildman–Crippen MR) is 99.3 cm³/mol. The molecule has 1 aliphatic heterocycles. The average Bonchev–Trinajstić information content (AvgIpc) is 3.45. The van der Waals surface area contributed by atoms with E-state index in [9.17, 15) is 9.59 Å². The molecule has 3 heterocycles. The Kier molecular flexibility index (Phi) is 4.93. The molecule has 0 bridgehead atoms. The standard InChI is InChI=1S/C20H23N3O5/c1-26-17-8-7-16(28-17)18(24)21-10-12-9-14-15(22-19(12)27-2)11-23(20(14)25)13-5-3-4-6-13/h7-9,13H,3-6,10-11H2,1-2H3,(H,21,24). The number of amides is 2. The normalized spacial score (nSPS) is 16.4. The van der Waals surface area contributed by atoms with Gasteiger partial charge in [-0.05, 0) is 25.0 Å². The molecule has 1 N–H and O–H groups in total. The number of carbonyl (C=O) groups is 2. The van der Waals surface area contributed by atoms with Gasteiger partial charge in [0, 0.05) is 24.2 Å². The lowest BCUT2D eigenvalue weighted by Gasteiger charge is -2.22. The SMILES string of the molecule is COc1ccc(C(=O)NCc2cc3c(nc2OC)CN(C2CCCC2)C3=O)o1. The molecular formula is C20H23N3O5. The number of carbonyl (C=O) groups excluding carboxylic acids is 2. The maximum absolute atomic E-state index is 12.9. The molecule has 0 spiro atoms. The Morgan fingerprint density at radius 2 is 2.07 bits per heavy atom. The summed E-state index contributed by atoms with van der Waals surface area (Å²) in [4.78, 5) is 31.6. The number of aromatic nitrogens is 1. The first kappa shape index (κ1) is 18.3. The molecule has 2 amide bonds. The van der Waals surface area contributed by atoms with Crippen LogP contribution in [0.15, 0.2) is 22.6 Å². The Bertz CT molecular complexity index is 901. The molecule has 2 aromatic heterocycles. The van der Waals surface area contributed by atoms with Crippen LogP contribution in [0.1, 0.15) is 57.9 Å². The van der Waals surface area contributed by atoms with Crippen LogP contribution in [0.2, 0.25) is 0 Å². The summed E-state index contributed by atoms with van der Waals surface area (Å²) in [5.41, 5.74) is 1.98. The first-order chi connectivity index (χ1) is 13.6. The number of ether oxygens (including phenoxy) is 2. The van der Waals surface area contributed by atoms with Crippen molar-refractivity contribution in [1.82, 2.24) is 15.2 Å². The number of nitrogens with zero attached hydrogens (tertiary/aromatic N) is 2. The lowest BCUT2D eigenvalue weighted by Crippen LogP contribution is -2.33. The van der Waals surface area contributed by atoms with Gasteiger partial charge in [-0.3, -0.25) is 9.59 Å². The smallest absolute Gasteiger partial charge is 0.287 e. The van der Waals surface area contributed by atoms with E-state index in [-0.39, 0.29) is 30.1 Å². The Balaban J connectivity index is 1.50. The van der Waals surface area contributed by atoms with Crippen molar-refractivity contribution in [3.8, 4) is 11.8 Å². The van der Waals surface area contributed by atoms with Crippen LogP contribution in [0.4, 0.5) is 0 Å². The Hall–Kier alpha value is -3.03. The molecule has 4 rings (SSSR count). The van der Waals surface area contributed by atoms with Crippen molar-refractivity contribution in [3.05, 3.63) is 40.8 Å². The molecule has 8 nitrogen and oxygen atoms in total. The van der Waals surface area contributed by atoms with E-state index < -0.39 is 0 Å². The molecule has 148 valence electrons. The molecule has 1 fully saturated rings.